The van der Waals surface area contributed by atoms with E-state index in [4.69, 9.17) is 9.47 Å². The van der Waals surface area contributed by atoms with Crippen LogP contribution in [0.4, 0.5) is 0 Å². The molecular formula is C19H18N2O3. The summed E-state index contributed by atoms with van der Waals surface area (Å²) < 4.78 is 12.7. The molecule has 1 heterocycles. The van der Waals surface area contributed by atoms with Gasteiger partial charge in [0, 0.05) is 12.4 Å². The Bertz CT molecular complexity index is 796. The standard InChI is InChI=1S/C19H18N2O3/c1-2-23-17-6-3-4-7-18(17)24-19(22)16-10-8-15(9-11-16)14-21-13-5-12-20-21/h3-13H,2,14H2,1H3. The van der Waals surface area contributed by atoms with Gasteiger partial charge >= 0.3 is 5.97 Å². The van der Waals surface area contributed by atoms with Crippen LogP contribution in [-0.2, 0) is 6.54 Å². The summed E-state index contributed by atoms with van der Waals surface area (Å²) in [6.07, 6.45) is 3.63. The van der Waals surface area contributed by atoms with E-state index >= 15 is 0 Å². The number of rotatable bonds is 6. The molecule has 0 atom stereocenters. The Hall–Kier alpha value is -3.08. The number of carbonyl (C=O) groups is 1. The van der Waals surface area contributed by atoms with Crippen molar-refractivity contribution in [3.8, 4) is 11.5 Å². The van der Waals surface area contributed by atoms with Crippen molar-refractivity contribution in [1.29, 1.82) is 0 Å². The monoisotopic (exact) mass is 322 g/mol. The van der Waals surface area contributed by atoms with E-state index in [0.29, 0.717) is 30.2 Å². The van der Waals surface area contributed by atoms with Gasteiger partial charge in [-0.25, -0.2) is 4.79 Å². The lowest BCUT2D eigenvalue weighted by Crippen LogP contribution is -2.10. The van der Waals surface area contributed by atoms with Crippen molar-refractivity contribution in [1.82, 2.24) is 9.78 Å². The number of carbonyl (C=O) groups excluding carboxylic acids is 1. The van der Waals surface area contributed by atoms with E-state index in [0.717, 1.165) is 5.56 Å². The molecule has 122 valence electrons. The first-order valence-electron chi connectivity index (χ1n) is 7.76. The van der Waals surface area contributed by atoms with Gasteiger partial charge in [0.2, 0.25) is 0 Å². The van der Waals surface area contributed by atoms with Gasteiger partial charge in [0.25, 0.3) is 0 Å². The number of aromatic nitrogens is 2. The summed E-state index contributed by atoms with van der Waals surface area (Å²) in [5, 5.41) is 4.16. The molecular weight excluding hydrogens is 304 g/mol. The fourth-order valence-corrected chi connectivity index (χ4v) is 2.30. The molecule has 0 radical (unpaired) electrons. The Morgan fingerprint density at radius 3 is 2.46 bits per heavy atom. The number of ether oxygens (including phenoxy) is 2. The van der Waals surface area contributed by atoms with Crippen LogP contribution in [0.25, 0.3) is 0 Å². The highest BCUT2D eigenvalue weighted by atomic mass is 16.6. The zero-order valence-electron chi connectivity index (χ0n) is 13.4. The molecule has 0 N–H and O–H groups in total. The van der Waals surface area contributed by atoms with E-state index in [-0.39, 0.29) is 0 Å². The molecule has 2 aromatic carbocycles. The molecule has 0 bridgehead atoms. The predicted octanol–water partition coefficient (Wildman–Crippen LogP) is 3.55. The number of esters is 1. The van der Waals surface area contributed by atoms with Gasteiger partial charge < -0.3 is 9.47 Å². The maximum absolute atomic E-state index is 12.3. The zero-order chi connectivity index (χ0) is 16.8. The van der Waals surface area contributed by atoms with Crippen LogP contribution in [0, 0.1) is 0 Å². The Morgan fingerprint density at radius 2 is 1.79 bits per heavy atom. The van der Waals surface area contributed by atoms with Gasteiger partial charge in [0.15, 0.2) is 11.5 Å². The van der Waals surface area contributed by atoms with Crippen LogP contribution in [0.5, 0.6) is 11.5 Å². The second-order valence-corrected chi connectivity index (χ2v) is 5.17. The molecule has 3 rings (SSSR count). The summed E-state index contributed by atoms with van der Waals surface area (Å²) in [4.78, 5) is 12.3. The maximum atomic E-state index is 12.3. The molecule has 0 saturated carbocycles. The van der Waals surface area contributed by atoms with Crippen molar-refractivity contribution in [3.05, 3.63) is 78.1 Å². The first kappa shape index (κ1) is 15.8. The highest BCUT2D eigenvalue weighted by Crippen LogP contribution is 2.27. The summed E-state index contributed by atoms with van der Waals surface area (Å²) in [6, 6.07) is 16.3. The second kappa shape index (κ2) is 7.46. The normalized spacial score (nSPS) is 10.4. The molecule has 3 aromatic rings. The van der Waals surface area contributed by atoms with Gasteiger partial charge in [0.1, 0.15) is 0 Å². The largest absolute Gasteiger partial charge is 0.490 e. The van der Waals surface area contributed by atoms with Crippen LogP contribution in [0.2, 0.25) is 0 Å². The van der Waals surface area contributed by atoms with E-state index in [1.54, 1.807) is 36.5 Å². The number of benzene rings is 2. The second-order valence-electron chi connectivity index (χ2n) is 5.17. The first-order valence-corrected chi connectivity index (χ1v) is 7.76. The van der Waals surface area contributed by atoms with Gasteiger partial charge in [-0.15, -0.1) is 0 Å². The van der Waals surface area contributed by atoms with Crippen LogP contribution >= 0.6 is 0 Å². The third kappa shape index (κ3) is 3.81. The van der Waals surface area contributed by atoms with Gasteiger partial charge in [-0.1, -0.05) is 24.3 Å². The Morgan fingerprint density at radius 1 is 1.04 bits per heavy atom. The van der Waals surface area contributed by atoms with E-state index in [1.807, 2.05) is 42.1 Å². The minimum Gasteiger partial charge on any atom is -0.490 e. The van der Waals surface area contributed by atoms with Gasteiger partial charge in [-0.3, -0.25) is 4.68 Å². The quantitative estimate of drug-likeness (QED) is 0.514. The molecule has 0 fully saturated rings. The van der Waals surface area contributed by atoms with Crippen LogP contribution in [0.3, 0.4) is 0 Å². The van der Waals surface area contributed by atoms with Crippen molar-refractivity contribution in [2.75, 3.05) is 6.61 Å². The van der Waals surface area contributed by atoms with Crippen molar-refractivity contribution in [2.45, 2.75) is 13.5 Å². The minimum atomic E-state index is -0.409. The number of nitrogens with zero attached hydrogens (tertiary/aromatic N) is 2. The van der Waals surface area contributed by atoms with Crippen molar-refractivity contribution in [3.63, 3.8) is 0 Å². The average Bonchev–Trinajstić information content (AvgIpc) is 3.10. The van der Waals surface area contributed by atoms with Crippen LogP contribution in [0.1, 0.15) is 22.8 Å². The molecule has 0 aliphatic heterocycles. The van der Waals surface area contributed by atoms with Crippen LogP contribution in [-0.4, -0.2) is 22.4 Å². The number of hydrogen-bond donors (Lipinski definition) is 0. The Kier molecular flexibility index (Phi) is 4.91. The molecule has 0 amide bonds. The Balaban J connectivity index is 1.69. The molecule has 24 heavy (non-hydrogen) atoms. The zero-order valence-corrected chi connectivity index (χ0v) is 13.4. The molecule has 0 unspecified atom stereocenters. The van der Waals surface area contributed by atoms with Crippen LogP contribution < -0.4 is 9.47 Å². The van der Waals surface area contributed by atoms with E-state index < -0.39 is 5.97 Å². The fraction of sp³-hybridized carbons (Fsp3) is 0.158. The van der Waals surface area contributed by atoms with Crippen LogP contribution in [0.15, 0.2) is 67.0 Å². The highest BCUT2D eigenvalue weighted by molar-refractivity contribution is 5.91. The van der Waals surface area contributed by atoms with E-state index in [9.17, 15) is 4.79 Å². The number of para-hydroxylation sites is 2. The SMILES string of the molecule is CCOc1ccccc1OC(=O)c1ccc(Cn2cccn2)cc1. The van der Waals surface area contributed by atoms with E-state index in [2.05, 4.69) is 5.10 Å². The molecule has 0 spiro atoms. The highest BCUT2D eigenvalue weighted by Gasteiger charge is 2.12. The lowest BCUT2D eigenvalue weighted by atomic mass is 10.1. The van der Waals surface area contributed by atoms with E-state index in [1.165, 1.54) is 0 Å². The summed E-state index contributed by atoms with van der Waals surface area (Å²) >= 11 is 0. The summed E-state index contributed by atoms with van der Waals surface area (Å²) in [7, 11) is 0. The minimum absolute atomic E-state index is 0.409. The van der Waals surface area contributed by atoms with Gasteiger partial charge in [-0.05, 0) is 42.8 Å². The van der Waals surface area contributed by atoms with Gasteiger partial charge in [-0.2, -0.15) is 5.10 Å². The lowest BCUT2D eigenvalue weighted by Gasteiger charge is -2.10. The topological polar surface area (TPSA) is 53.4 Å². The average molecular weight is 322 g/mol. The molecule has 1 aromatic heterocycles. The summed E-state index contributed by atoms with van der Waals surface area (Å²) in [5.74, 6) is 0.571. The molecule has 0 aliphatic rings. The van der Waals surface area contributed by atoms with Gasteiger partial charge in [0.05, 0.1) is 18.7 Å². The third-order valence-electron chi connectivity index (χ3n) is 3.45. The van der Waals surface area contributed by atoms with Crippen molar-refractivity contribution >= 4 is 5.97 Å². The smallest absolute Gasteiger partial charge is 0.343 e. The molecule has 0 aliphatic carbocycles. The first-order chi connectivity index (χ1) is 11.8. The summed E-state index contributed by atoms with van der Waals surface area (Å²) in [5.41, 5.74) is 1.55. The number of hydrogen-bond acceptors (Lipinski definition) is 4. The maximum Gasteiger partial charge on any atom is 0.343 e. The molecule has 0 saturated heterocycles. The lowest BCUT2D eigenvalue weighted by molar-refractivity contribution is 0.0728. The third-order valence-corrected chi connectivity index (χ3v) is 3.45. The van der Waals surface area contributed by atoms with Crippen molar-refractivity contribution < 1.29 is 14.3 Å². The fourth-order valence-electron chi connectivity index (χ4n) is 2.30. The Labute approximate surface area is 140 Å². The molecule has 5 heteroatoms. The summed E-state index contributed by atoms with van der Waals surface area (Å²) in [6.45, 7) is 3.06. The van der Waals surface area contributed by atoms with Crippen molar-refractivity contribution in [2.24, 2.45) is 0 Å². The predicted molar refractivity (Wildman–Crippen MR) is 90.3 cm³/mol. The molecule has 5 nitrogen and oxygen atoms in total.